The van der Waals surface area contributed by atoms with E-state index in [4.69, 9.17) is 0 Å². The molecular formula is C16H17FN2O3S. The molecule has 0 saturated heterocycles. The van der Waals surface area contributed by atoms with Gasteiger partial charge in [0.15, 0.2) is 0 Å². The Bertz CT molecular complexity index is 835. The molecule has 0 saturated carbocycles. The van der Waals surface area contributed by atoms with Gasteiger partial charge < -0.3 is 5.32 Å². The van der Waals surface area contributed by atoms with E-state index in [1.54, 1.807) is 0 Å². The molecule has 1 amide bonds. The monoisotopic (exact) mass is 336 g/mol. The molecule has 0 unspecified atom stereocenters. The summed E-state index contributed by atoms with van der Waals surface area (Å²) in [6.07, 6.45) is 0. The second-order valence-electron chi connectivity index (χ2n) is 5.02. The summed E-state index contributed by atoms with van der Waals surface area (Å²) >= 11 is 0. The van der Waals surface area contributed by atoms with Crippen molar-refractivity contribution in [3.63, 3.8) is 0 Å². The highest BCUT2D eigenvalue weighted by atomic mass is 32.2. The van der Waals surface area contributed by atoms with Crippen LogP contribution in [0.3, 0.4) is 0 Å². The van der Waals surface area contributed by atoms with Crippen molar-refractivity contribution in [3.8, 4) is 0 Å². The number of carbonyl (C=O) groups excluding carboxylic acids is 1. The van der Waals surface area contributed by atoms with Crippen LogP contribution in [-0.2, 0) is 16.6 Å². The lowest BCUT2D eigenvalue weighted by molar-refractivity contribution is 0.0946. The van der Waals surface area contributed by atoms with Crippen LogP contribution in [0.4, 0.5) is 4.39 Å². The molecule has 0 aromatic heterocycles. The van der Waals surface area contributed by atoms with Gasteiger partial charge in [-0.25, -0.2) is 17.5 Å². The molecule has 2 aromatic carbocycles. The van der Waals surface area contributed by atoms with Crippen LogP contribution in [-0.4, -0.2) is 21.4 Å². The van der Waals surface area contributed by atoms with Crippen molar-refractivity contribution in [1.29, 1.82) is 0 Å². The minimum atomic E-state index is -3.74. The van der Waals surface area contributed by atoms with Gasteiger partial charge in [0.25, 0.3) is 5.91 Å². The molecule has 0 aliphatic carbocycles. The number of benzene rings is 2. The zero-order valence-corrected chi connectivity index (χ0v) is 13.6. The number of hydrogen-bond acceptors (Lipinski definition) is 3. The number of hydrogen-bond donors (Lipinski definition) is 2. The first-order valence-corrected chi connectivity index (χ1v) is 8.38. The van der Waals surface area contributed by atoms with Gasteiger partial charge in [-0.05, 0) is 37.7 Å². The molecule has 0 atom stereocenters. The van der Waals surface area contributed by atoms with Gasteiger partial charge in [0.05, 0.1) is 10.5 Å². The maximum Gasteiger partial charge on any atom is 0.254 e. The number of aryl methyl sites for hydroxylation is 1. The predicted molar refractivity (Wildman–Crippen MR) is 85.0 cm³/mol. The van der Waals surface area contributed by atoms with Gasteiger partial charge >= 0.3 is 0 Å². The number of rotatable bonds is 5. The van der Waals surface area contributed by atoms with E-state index in [0.717, 1.165) is 29.3 Å². The Morgan fingerprint density at radius 2 is 1.91 bits per heavy atom. The van der Waals surface area contributed by atoms with Crippen LogP contribution in [0, 0.1) is 12.7 Å². The van der Waals surface area contributed by atoms with Crippen LogP contribution < -0.4 is 10.0 Å². The number of sulfonamides is 1. The van der Waals surface area contributed by atoms with E-state index in [1.165, 1.54) is 7.05 Å². The van der Waals surface area contributed by atoms with Crippen molar-refractivity contribution in [2.75, 3.05) is 7.05 Å². The molecule has 0 fully saturated rings. The predicted octanol–water partition coefficient (Wildman–Crippen LogP) is 1.97. The summed E-state index contributed by atoms with van der Waals surface area (Å²) < 4.78 is 39.4. The fraction of sp³-hybridized carbons (Fsp3) is 0.188. The summed E-state index contributed by atoms with van der Waals surface area (Å²) in [6, 6.07) is 10.6. The van der Waals surface area contributed by atoms with Crippen LogP contribution in [0.2, 0.25) is 0 Å². The van der Waals surface area contributed by atoms with E-state index in [1.807, 2.05) is 31.2 Å². The van der Waals surface area contributed by atoms with Gasteiger partial charge in [0.1, 0.15) is 5.82 Å². The molecule has 122 valence electrons. The minimum Gasteiger partial charge on any atom is -0.348 e. The van der Waals surface area contributed by atoms with Crippen molar-refractivity contribution >= 4 is 15.9 Å². The third-order valence-corrected chi connectivity index (χ3v) is 4.71. The van der Waals surface area contributed by atoms with Crippen LogP contribution in [0.25, 0.3) is 0 Å². The summed E-state index contributed by atoms with van der Waals surface area (Å²) in [7, 11) is -2.49. The van der Waals surface area contributed by atoms with E-state index in [0.29, 0.717) is 0 Å². The van der Waals surface area contributed by atoms with E-state index in [9.17, 15) is 17.6 Å². The lowest BCUT2D eigenvalue weighted by Crippen LogP contribution is -2.25. The lowest BCUT2D eigenvalue weighted by atomic mass is 10.1. The van der Waals surface area contributed by atoms with Gasteiger partial charge in [0.2, 0.25) is 10.0 Å². The second kappa shape index (κ2) is 6.89. The first-order valence-electron chi connectivity index (χ1n) is 6.90. The summed E-state index contributed by atoms with van der Waals surface area (Å²) in [4.78, 5) is 12.0. The number of nitrogens with one attached hydrogen (secondary N) is 2. The topological polar surface area (TPSA) is 75.3 Å². The van der Waals surface area contributed by atoms with Crippen LogP contribution in [0.5, 0.6) is 0 Å². The molecule has 0 aliphatic rings. The van der Waals surface area contributed by atoms with Crippen molar-refractivity contribution in [2.24, 2.45) is 0 Å². The molecule has 2 N–H and O–H groups in total. The number of carbonyl (C=O) groups is 1. The average molecular weight is 336 g/mol. The Kier molecular flexibility index (Phi) is 5.12. The maximum absolute atomic E-state index is 13.8. The average Bonchev–Trinajstić information content (AvgIpc) is 2.53. The third kappa shape index (κ3) is 4.14. The summed E-state index contributed by atoms with van der Waals surface area (Å²) in [5.74, 6) is -1.45. The molecule has 0 spiro atoms. The molecule has 0 bridgehead atoms. The zero-order valence-electron chi connectivity index (χ0n) is 12.8. The van der Waals surface area contributed by atoms with Crippen molar-refractivity contribution in [1.82, 2.24) is 10.0 Å². The van der Waals surface area contributed by atoms with Crippen LogP contribution >= 0.6 is 0 Å². The second-order valence-corrected chi connectivity index (χ2v) is 6.91. The minimum absolute atomic E-state index is 0.165. The van der Waals surface area contributed by atoms with Gasteiger partial charge in [-0.15, -0.1) is 0 Å². The molecule has 23 heavy (non-hydrogen) atoms. The molecule has 2 rings (SSSR count). The largest absolute Gasteiger partial charge is 0.348 e. The quantitative estimate of drug-likeness (QED) is 0.876. The standard InChI is InChI=1S/C16H17FN2O3S/c1-11-4-3-5-12(8-11)10-19-16(20)14-9-13(6-7-15(14)17)23(21,22)18-2/h3-9,18H,10H2,1-2H3,(H,19,20). The summed E-state index contributed by atoms with van der Waals surface area (Å²) in [5.41, 5.74) is 1.61. The Morgan fingerprint density at radius 1 is 1.17 bits per heavy atom. The van der Waals surface area contributed by atoms with Crippen molar-refractivity contribution < 1.29 is 17.6 Å². The molecule has 7 heteroatoms. The highest BCUT2D eigenvalue weighted by molar-refractivity contribution is 7.89. The molecule has 0 aliphatic heterocycles. The smallest absolute Gasteiger partial charge is 0.254 e. The van der Waals surface area contributed by atoms with E-state index < -0.39 is 21.7 Å². The highest BCUT2D eigenvalue weighted by Gasteiger charge is 2.18. The number of amides is 1. The maximum atomic E-state index is 13.8. The Labute approximate surface area is 134 Å². The first kappa shape index (κ1) is 17.1. The van der Waals surface area contributed by atoms with E-state index in [2.05, 4.69) is 10.0 Å². The molecular weight excluding hydrogens is 319 g/mol. The third-order valence-electron chi connectivity index (χ3n) is 3.30. The van der Waals surface area contributed by atoms with Crippen LogP contribution in [0.15, 0.2) is 47.4 Å². The van der Waals surface area contributed by atoms with Gasteiger partial charge in [-0.2, -0.15) is 0 Å². The zero-order chi connectivity index (χ0) is 17.0. The van der Waals surface area contributed by atoms with Gasteiger partial charge in [-0.3, -0.25) is 4.79 Å². The Morgan fingerprint density at radius 3 is 2.57 bits per heavy atom. The van der Waals surface area contributed by atoms with E-state index >= 15 is 0 Å². The highest BCUT2D eigenvalue weighted by Crippen LogP contribution is 2.15. The molecule has 0 heterocycles. The normalized spacial score (nSPS) is 11.3. The summed E-state index contributed by atoms with van der Waals surface area (Å²) in [6.45, 7) is 2.15. The van der Waals surface area contributed by atoms with Gasteiger partial charge in [0, 0.05) is 6.54 Å². The van der Waals surface area contributed by atoms with Crippen molar-refractivity contribution in [2.45, 2.75) is 18.4 Å². The molecule has 0 radical (unpaired) electrons. The fourth-order valence-electron chi connectivity index (χ4n) is 2.06. The van der Waals surface area contributed by atoms with Crippen molar-refractivity contribution in [3.05, 3.63) is 65.0 Å². The number of halogens is 1. The Balaban J connectivity index is 2.20. The molecule has 2 aromatic rings. The SMILES string of the molecule is CNS(=O)(=O)c1ccc(F)c(C(=O)NCc2cccc(C)c2)c1. The van der Waals surface area contributed by atoms with E-state index in [-0.39, 0.29) is 17.0 Å². The molecule has 5 nitrogen and oxygen atoms in total. The van der Waals surface area contributed by atoms with Gasteiger partial charge in [-0.1, -0.05) is 29.8 Å². The summed E-state index contributed by atoms with van der Waals surface area (Å²) in [5, 5.41) is 2.59. The first-order chi connectivity index (χ1) is 10.8. The van der Waals surface area contributed by atoms with Crippen LogP contribution in [0.1, 0.15) is 21.5 Å². The fourth-order valence-corrected chi connectivity index (χ4v) is 2.82. The Hall–Kier alpha value is -2.25. The lowest BCUT2D eigenvalue weighted by Gasteiger charge is -2.09.